The van der Waals surface area contributed by atoms with E-state index in [4.69, 9.17) is 4.42 Å². The number of aromatic amines is 1. The number of imidazole rings is 1. The zero-order valence-corrected chi connectivity index (χ0v) is 9.48. The molecule has 0 aliphatic rings. The summed E-state index contributed by atoms with van der Waals surface area (Å²) in [6.45, 7) is 1.33. The van der Waals surface area contributed by atoms with Gasteiger partial charge in [-0.1, -0.05) is 0 Å². The molecule has 90 valence electrons. The SMILES string of the molecule is CC(=O)Nc1cc2cc3nc[nH]c3cc2oc1=O. The number of hydrogen-bond acceptors (Lipinski definition) is 4. The molecule has 6 heteroatoms. The highest BCUT2D eigenvalue weighted by Gasteiger charge is 2.08. The van der Waals surface area contributed by atoms with Gasteiger partial charge < -0.3 is 14.7 Å². The number of carbonyl (C=O) groups excluding carboxylic acids is 1. The Kier molecular flexibility index (Phi) is 2.16. The lowest BCUT2D eigenvalue weighted by Gasteiger charge is -2.02. The number of carbonyl (C=O) groups is 1. The van der Waals surface area contributed by atoms with Crippen LogP contribution in [0.5, 0.6) is 0 Å². The Hall–Kier alpha value is -2.63. The molecule has 0 saturated carbocycles. The van der Waals surface area contributed by atoms with E-state index in [0.29, 0.717) is 11.0 Å². The Labute approximate surface area is 101 Å². The quantitative estimate of drug-likeness (QED) is 0.636. The average molecular weight is 243 g/mol. The van der Waals surface area contributed by atoms with Crippen molar-refractivity contribution in [3.63, 3.8) is 0 Å². The molecule has 2 heterocycles. The summed E-state index contributed by atoms with van der Waals surface area (Å²) >= 11 is 0. The van der Waals surface area contributed by atoms with E-state index in [2.05, 4.69) is 15.3 Å². The molecule has 0 atom stereocenters. The van der Waals surface area contributed by atoms with Crippen LogP contribution in [-0.2, 0) is 4.79 Å². The van der Waals surface area contributed by atoms with Crippen molar-refractivity contribution in [1.82, 2.24) is 9.97 Å². The Balaban J connectivity index is 2.29. The van der Waals surface area contributed by atoms with E-state index in [1.54, 1.807) is 24.5 Å². The number of fused-ring (bicyclic) bond motifs is 2. The van der Waals surface area contributed by atoms with E-state index in [9.17, 15) is 9.59 Å². The van der Waals surface area contributed by atoms with Gasteiger partial charge in [-0.25, -0.2) is 9.78 Å². The average Bonchev–Trinajstić information content (AvgIpc) is 2.73. The summed E-state index contributed by atoms with van der Waals surface area (Å²) < 4.78 is 5.15. The number of H-pyrrole nitrogens is 1. The van der Waals surface area contributed by atoms with Gasteiger partial charge >= 0.3 is 5.63 Å². The van der Waals surface area contributed by atoms with Crippen molar-refractivity contribution in [2.75, 3.05) is 5.32 Å². The molecular formula is C12H9N3O3. The normalized spacial score (nSPS) is 10.9. The minimum absolute atomic E-state index is 0.130. The maximum atomic E-state index is 11.6. The molecular weight excluding hydrogens is 234 g/mol. The Bertz CT molecular complexity index is 816. The second kappa shape index (κ2) is 3.69. The second-order valence-electron chi connectivity index (χ2n) is 3.94. The van der Waals surface area contributed by atoms with Crippen LogP contribution >= 0.6 is 0 Å². The first-order valence-electron chi connectivity index (χ1n) is 5.32. The Morgan fingerprint density at radius 3 is 3.00 bits per heavy atom. The van der Waals surface area contributed by atoms with Crippen LogP contribution in [0.4, 0.5) is 5.69 Å². The lowest BCUT2D eigenvalue weighted by molar-refractivity contribution is -0.114. The molecule has 3 rings (SSSR count). The van der Waals surface area contributed by atoms with Gasteiger partial charge in [-0.3, -0.25) is 4.79 Å². The maximum absolute atomic E-state index is 11.6. The molecule has 0 unspecified atom stereocenters. The third-order valence-corrected chi connectivity index (χ3v) is 2.58. The van der Waals surface area contributed by atoms with Gasteiger partial charge in [-0.15, -0.1) is 0 Å². The minimum Gasteiger partial charge on any atom is -0.421 e. The van der Waals surface area contributed by atoms with Crippen LogP contribution in [-0.4, -0.2) is 15.9 Å². The predicted octanol–water partition coefficient (Wildman–Crippen LogP) is 1.63. The summed E-state index contributed by atoms with van der Waals surface area (Å²) in [5.74, 6) is -0.317. The van der Waals surface area contributed by atoms with Crippen molar-refractivity contribution >= 4 is 33.6 Å². The molecule has 1 amide bonds. The van der Waals surface area contributed by atoms with Gasteiger partial charge in [-0.2, -0.15) is 0 Å². The number of nitrogens with zero attached hydrogens (tertiary/aromatic N) is 1. The summed E-state index contributed by atoms with van der Waals surface area (Å²) in [6.07, 6.45) is 1.57. The van der Waals surface area contributed by atoms with Crippen molar-refractivity contribution in [3.05, 3.63) is 34.9 Å². The first-order chi connectivity index (χ1) is 8.63. The lowest BCUT2D eigenvalue weighted by Crippen LogP contribution is -2.14. The van der Waals surface area contributed by atoms with Crippen molar-refractivity contribution in [1.29, 1.82) is 0 Å². The van der Waals surface area contributed by atoms with Gasteiger partial charge in [0, 0.05) is 18.4 Å². The largest absolute Gasteiger partial charge is 0.421 e. The molecule has 0 bridgehead atoms. The van der Waals surface area contributed by atoms with Crippen molar-refractivity contribution in [2.45, 2.75) is 6.92 Å². The van der Waals surface area contributed by atoms with E-state index in [-0.39, 0.29) is 11.6 Å². The first kappa shape index (κ1) is 10.5. The van der Waals surface area contributed by atoms with E-state index >= 15 is 0 Å². The van der Waals surface area contributed by atoms with Crippen molar-refractivity contribution in [2.24, 2.45) is 0 Å². The molecule has 0 fully saturated rings. The summed E-state index contributed by atoms with van der Waals surface area (Å²) in [6, 6.07) is 5.07. The smallest absolute Gasteiger partial charge is 0.360 e. The highest BCUT2D eigenvalue weighted by molar-refractivity contribution is 5.95. The fourth-order valence-corrected chi connectivity index (χ4v) is 1.83. The van der Waals surface area contributed by atoms with E-state index in [0.717, 1.165) is 11.0 Å². The fourth-order valence-electron chi connectivity index (χ4n) is 1.83. The monoisotopic (exact) mass is 243 g/mol. The maximum Gasteiger partial charge on any atom is 0.360 e. The molecule has 18 heavy (non-hydrogen) atoms. The number of aromatic nitrogens is 2. The van der Waals surface area contributed by atoms with E-state index in [1.807, 2.05) is 0 Å². The number of amides is 1. The summed E-state index contributed by atoms with van der Waals surface area (Å²) in [5, 5.41) is 3.14. The van der Waals surface area contributed by atoms with Gasteiger partial charge in [0.25, 0.3) is 0 Å². The third-order valence-electron chi connectivity index (χ3n) is 2.58. The van der Waals surface area contributed by atoms with Crippen LogP contribution < -0.4 is 10.9 Å². The molecule has 0 saturated heterocycles. The highest BCUT2D eigenvalue weighted by atomic mass is 16.4. The summed E-state index contributed by atoms with van der Waals surface area (Å²) in [7, 11) is 0. The number of benzene rings is 1. The van der Waals surface area contributed by atoms with Crippen LogP contribution in [0.3, 0.4) is 0 Å². The van der Waals surface area contributed by atoms with Gasteiger partial charge in [0.2, 0.25) is 5.91 Å². The highest BCUT2D eigenvalue weighted by Crippen LogP contribution is 2.21. The van der Waals surface area contributed by atoms with Crippen LogP contribution in [0, 0.1) is 0 Å². The molecule has 2 N–H and O–H groups in total. The fraction of sp³-hybridized carbons (Fsp3) is 0.0833. The molecule has 0 radical (unpaired) electrons. The number of hydrogen-bond donors (Lipinski definition) is 2. The zero-order valence-electron chi connectivity index (χ0n) is 9.48. The number of anilines is 1. The van der Waals surface area contributed by atoms with Gasteiger partial charge in [0.1, 0.15) is 11.3 Å². The van der Waals surface area contributed by atoms with Crippen LogP contribution in [0.2, 0.25) is 0 Å². The summed E-state index contributed by atoms with van der Waals surface area (Å²) in [4.78, 5) is 29.7. The Morgan fingerprint density at radius 2 is 2.22 bits per heavy atom. The molecule has 1 aromatic carbocycles. The van der Waals surface area contributed by atoms with Gasteiger partial charge in [-0.05, 0) is 12.1 Å². The predicted molar refractivity (Wildman–Crippen MR) is 66.4 cm³/mol. The minimum atomic E-state index is -0.573. The number of rotatable bonds is 1. The standard InChI is InChI=1S/C12H9N3O3/c1-6(16)15-10-3-7-2-8-9(14-5-13-8)4-11(7)18-12(10)17/h2-5H,1H3,(H,13,14)(H,15,16). The van der Waals surface area contributed by atoms with Crippen molar-refractivity contribution < 1.29 is 9.21 Å². The Morgan fingerprint density at radius 1 is 1.39 bits per heavy atom. The van der Waals surface area contributed by atoms with Crippen LogP contribution in [0.15, 0.2) is 33.7 Å². The number of nitrogens with one attached hydrogen (secondary N) is 2. The van der Waals surface area contributed by atoms with E-state index in [1.165, 1.54) is 6.92 Å². The van der Waals surface area contributed by atoms with Crippen LogP contribution in [0.1, 0.15) is 6.92 Å². The van der Waals surface area contributed by atoms with E-state index < -0.39 is 5.63 Å². The first-order valence-corrected chi connectivity index (χ1v) is 5.32. The topological polar surface area (TPSA) is 88.0 Å². The third kappa shape index (κ3) is 1.64. The van der Waals surface area contributed by atoms with Crippen molar-refractivity contribution in [3.8, 4) is 0 Å². The molecule has 0 spiro atoms. The molecule has 6 nitrogen and oxygen atoms in total. The second-order valence-corrected chi connectivity index (χ2v) is 3.94. The molecule has 3 aromatic rings. The summed E-state index contributed by atoms with van der Waals surface area (Å²) in [5.41, 5.74) is 1.57. The molecule has 0 aliphatic carbocycles. The zero-order chi connectivity index (χ0) is 12.7. The molecule has 2 aromatic heterocycles. The lowest BCUT2D eigenvalue weighted by atomic mass is 10.2. The van der Waals surface area contributed by atoms with Gasteiger partial charge in [0.15, 0.2) is 0 Å². The molecule has 0 aliphatic heterocycles. The van der Waals surface area contributed by atoms with Crippen LogP contribution in [0.25, 0.3) is 22.0 Å². The van der Waals surface area contributed by atoms with Gasteiger partial charge in [0.05, 0.1) is 17.4 Å².